The van der Waals surface area contributed by atoms with E-state index in [1.54, 1.807) is 6.08 Å². The molecule has 1 rings (SSSR count). The molecule has 1 amide bonds. The van der Waals surface area contributed by atoms with Crippen molar-refractivity contribution >= 4 is 5.91 Å². The van der Waals surface area contributed by atoms with Crippen LogP contribution >= 0.6 is 0 Å². The molecular formula is C43H79NO9. The van der Waals surface area contributed by atoms with Crippen LogP contribution in [0.3, 0.4) is 0 Å². The number of aliphatic hydroxyl groups excluding tert-OH is 6. The SMILES string of the molecule is CCCCC/C=C\CCCCCCC(O)C(=O)NC(COC1OC(CO)C(O)C(O)C1O)C(O)/C=C/CC/C=C/CCCCCCCCCCCCC. The summed E-state index contributed by atoms with van der Waals surface area (Å²) in [6.45, 7) is 3.53. The number of aliphatic hydroxyl groups is 6. The van der Waals surface area contributed by atoms with E-state index >= 15 is 0 Å². The van der Waals surface area contributed by atoms with Crippen molar-refractivity contribution in [2.24, 2.45) is 0 Å². The highest BCUT2D eigenvalue weighted by atomic mass is 16.7. The zero-order chi connectivity index (χ0) is 38.9. The molecule has 0 bridgehead atoms. The molecule has 1 saturated heterocycles. The van der Waals surface area contributed by atoms with Crippen LogP contribution in [0.4, 0.5) is 0 Å². The van der Waals surface area contributed by atoms with Gasteiger partial charge in [-0.15, -0.1) is 0 Å². The molecular weight excluding hydrogens is 674 g/mol. The van der Waals surface area contributed by atoms with Crippen LogP contribution in [0, 0.1) is 0 Å². The molecule has 0 aromatic heterocycles. The van der Waals surface area contributed by atoms with E-state index < -0.39 is 61.5 Å². The van der Waals surface area contributed by atoms with E-state index in [1.807, 2.05) is 6.08 Å². The van der Waals surface area contributed by atoms with Crippen LogP contribution in [0.5, 0.6) is 0 Å². The Morgan fingerprint density at radius 2 is 1.11 bits per heavy atom. The van der Waals surface area contributed by atoms with Crippen molar-refractivity contribution in [3.63, 3.8) is 0 Å². The van der Waals surface area contributed by atoms with Gasteiger partial charge in [0.15, 0.2) is 6.29 Å². The molecule has 0 radical (unpaired) electrons. The normalized spacial score (nSPS) is 22.6. The lowest BCUT2D eigenvalue weighted by molar-refractivity contribution is -0.302. The van der Waals surface area contributed by atoms with Gasteiger partial charge in [0.2, 0.25) is 5.91 Å². The number of allylic oxidation sites excluding steroid dienone is 5. The number of amides is 1. The second kappa shape index (κ2) is 33.7. The van der Waals surface area contributed by atoms with E-state index in [4.69, 9.17) is 9.47 Å². The lowest BCUT2D eigenvalue weighted by Crippen LogP contribution is -2.60. The smallest absolute Gasteiger partial charge is 0.249 e. The summed E-state index contributed by atoms with van der Waals surface area (Å²) in [7, 11) is 0. The van der Waals surface area contributed by atoms with Gasteiger partial charge in [0, 0.05) is 0 Å². The van der Waals surface area contributed by atoms with Crippen molar-refractivity contribution in [1.29, 1.82) is 0 Å². The Morgan fingerprint density at radius 3 is 1.68 bits per heavy atom. The molecule has 8 atom stereocenters. The number of ether oxygens (including phenoxy) is 2. The first-order chi connectivity index (χ1) is 25.8. The molecule has 10 nitrogen and oxygen atoms in total. The first kappa shape index (κ1) is 49.4. The van der Waals surface area contributed by atoms with Crippen molar-refractivity contribution in [1.82, 2.24) is 5.32 Å². The molecule has 53 heavy (non-hydrogen) atoms. The van der Waals surface area contributed by atoms with Crippen LogP contribution in [-0.4, -0.2) is 98.7 Å². The van der Waals surface area contributed by atoms with Crippen molar-refractivity contribution in [2.45, 2.75) is 217 Å². The summed E-state index contributed by atoms with van der Waals surface area (Å²) in [4.78, 5) is 13.0. The molecule has 8 unspecified atom stereocenters. The summed E-state index contributed by atoms with van der Waals surface area (Å²) in [6.07, 6.45) is 29.5. The van der Waals surface area contributed by atoms with Gasteiger partial charge in [-0.3, -0.25) is 4.79 Å². The molecule has 0 aromatic carbocycles. The van der Waals surface area contributed by atoms with Crippen LogP contribution < -0.4 is 5.32 Å². The van der Waals surface area contributed by atoms with E-state index in [9.17, 15) is 35.4 Å². The van der Waals surface area contributed by atoms with Crippen LogP contribution in [0.2, 0.25) is 0 Å². The van der Waals surface area contributed by atoms with Gasteiger partial charge in [0.05, 0.1) is 25.4 Å². The fourth-order valence-electron chi connectivity index (χ4n) is 6.46. The number of carbonyl (C=O) groups is 1. The molecule has 10 heteroatoms. The van der Waals surface area contributed by atoms with Crippen LogP contribution in [0.1, 0.15) is 168 Å². The van der Waals surface area contributed by atoms with Gasteiger partial charge in [-0.25, -0.2) is 0 Å². The highest BCUT2D eigenvalue weighted by Gasteiger charge is 2.44. The molecule has 0 aliphatic carbocycles. The second-order valence-electron chi connectivity index (χ2n) is 14.9. The number of nitrogens with one attached hydrogen (secondary N) is 1. The van der Waals surface area contributed by atoms with E-state index in [1.165, 1.54) is 89.9 Å². The predicted molar refractivity (Wildman–Crippen MR) is 213 cm³/mol. The van der Waals surface area contributed by atoms with Gasteiger partial charge >= 0.3 is 0 Å². The molecule has 1 fully saturated rings. The average molecular weight is 754 g/mol. The van der Waals surface area contributed by atoms with Crippen LogP contribution in [0.25, 0.3) is 0 Å². The Morgan fingerprint density at radius 1 is 0.642 bits per heavy atom. The second-order valence-corrected chi connectivity index (χ2v) is 14.9. The van der Waals surface area contributed by atoms with Crippen LogP contribution in [0.15, 0.2) is 36.5 Å². The summed E-state index contributed by atoms with van der Waals surface area (Å²) < 4.78 is 11.1. The van der Waals surface area contributed by atoms with Gasteiger partial charge in [0.25, 0.3) is 0 Å². The monoisotopic (exact) mass is 754 g/mol. The van der Waals surface area contributed by atoms with Crippen LogP contribution in [-0.2, 0) is 14.3 Å². The predicted octanol–water partition coefficient (Wildman–Crippen LogP) is 7.08. The third-order valence-electron chi connectivity index (χ3n) is 10.0. The fraction of sp³-hybridized carbons (Fsp3) is 0.837. The third-order valence-corrected chi connectivity index (χ3v) is 10.0. The Hall–Kier alpha value is -1.63. The van der Waals surface area contributed by atoms with Crippen molar-refractivity contribution in [3.8, 4) is 0 Å². The number of hydrogen-bond donors (Lipinski definition) is 7. The number of hydrogen-bond acceptors (Lipinski definition) is 9. The Bertz CT molecular complexity index is 943. The molecule has 1 heterocycles. The zero-order valence-electron chi connectivity index (χ0n) is 33.4. The van der Waals surface area contributed by atoms with Gasteiger partial charge in [-0.2, -0.15) is 0 Å². The first-order valence-electron chi connectivity index (χ1n) is 21.3. The quantitative estimate of drug-likeness (QED) is 0.0268. The highest BCUT2D eigenvalue weighted by molar-refractivity contribution is 5.80. The maximum atomic E-state index is 13.0. The van der Waals surface area contributed by atoms with Gasteiger partial charge in [-0.05, 0) is 57.8 Å². The zero-order valence-corrected chi connectivity index (χ0v) is 33.4. The third kappa shape index (κ3) is 24.5. The summed E-state index contributed by atoms with van der Waals surface area (Å²) in [5.74, 6) is -0.639. The maximum Gasteiger partial charge on any atom is 0.249 e. The van der Waals surface area contributed by atoms with Gasteiger partial charge in [-0.1, -0.05) is 147 Å². The van der Waals surface area contributed by atoms with Crippen molar-refractivity contribution < 1.29 is 44.9 Å². The van der Waals surface area contributed by atoms with Gasteiger partial charge in [0.1, 0.15) is 30.5 Å². The largest absolute Gasteiger partial charge is 0.394 e. The van der Waals surface area contributed by atoms with E-state index in [2.05, 4.69) is 43.5 Å². The van der Waals surface area contributed by atoms with Crippen molar-refractivity contribution in [3.05, 3.63) is 36.5 Å². The van der Waals surface area contributed by atoms with E-state index in [-0.39, 0.29) is 13.0 Å². The molecule has 1 aliphatic rings. The molecule has 1 aliphatic heterocycles. The first-order valence-corrected chi connectivity index (χ1v) is 21.3. The minimum absolute atomic E-state index is 0.288. The van der Waals surface area contributed by atoms with E-state index in [0.717, 1.165) is 44.9 Å². The van der Waals surface area contributed by atoms with E-state index in [0.29, 0.717) is 12.8 Å². The molecule has 310 valence electrons. The number of carbonyl (C=O) groups excluding carboxylic acids is 1. The Kier molecular flexibility index (Phi) is 31.4. The number of rotatable bonds is 34. The molecule has 0 aromatic rings. The summed E-state index contributed by atoms with van der Waals surface area (Å²) >= 11 is 0. The Labute approximate surface area is 322 Å². The average Bonchev–Trinajstić information content (AvgIpc) is 3.16. The fourth-order valence-corrected chi connectivity index (χ4v) is 6.46. The van der Waals surface area contributed by atoms with Gasteiger partial charge < -0.3 is 45.4 Å². The topological polar surface area (TPSA) is 169 Å². The minimum Gasteiger partial charge on any atom is -0.394 e. The molecule has 7 N–H and O–H groups in total. The minimum atomic E-state index is -1.62. The summed E-state index contributed by atoms with van der Waals surface area (Å²) in [6, 6.07) is -0.999. The summed E-state index contributed by atoms with van der Waals surface area (Å²) in [5.41, 5.74) is 0. The highest BCUT2D eigenvalue weighted by Crippen LogP contribution is 2.22. The lowest BCUT2D eigenvalue weighted by Gasteiger charge is -2.40. The summed E-state index contributed by atoms with van der Waals surface area (Å²) in [5, 5.41) is 64.4. The number of unbranched alkanes of at least 4 members (excludes halogenated alkanes) is 19. The Balaban J connectivity index is 2.50. The maximum absolute atomic E-state index is 13.0. The lowest BCUT2D eigenvalue weighted by atomic mass is 9.99. The molecule has 0 saturated carbocycles. The van der Waals surface area contributed by atoms with Crippen molar-refractivity contribution in [2.75, 3.05) is 13.2 Å². The molecule has 0 spiro atoms. The standard InChI is InChI=1S/C43H79NO9/c1-3-5-7-9-11-13-15-16-17-18-19-20-22-23-25-27-29-31-36(46)35(34-52-43-41(50)40(49)39(48)38(33-45)53-43)44-42(51)37(47)32-30-28-26-24-21-14-12-10-8-6-4-2/h12,14,22-23,29,31,35-41,43,45-50H,3-11,13,15-21,24-28,30,32-34H2,1-2H3,(H,44,51)/b14-12-,23-22+,31-29+.